The summed E-state index contributed by atoms with van der Waals surface area (Å²) in [5.41, 5.74) is 3.96. The van der Waals surface area contributed by atoms with Crippen LogP contribution in [0.5, 0.6) is 0 Å². The third-order valence-corrected chi connectivity index (χ3v) is 5.69. The van der Waals surface area contributed by atoms with Gasteiger partial charge in [0, 0.05) is 17.8 Å². The molecule has 0 spiro atoms. The molecule has 3 N–H and O–H groups in total. The van der Waals surface area contributed by atoms with E-state index in [9.17, 15) is 10.2 Å². The zero-order chi connectivity index (χ0) is 20.1. The molecule has 148 valence electrons. The van der Waals surface area contributed by atoms with Crippen LogP contribution in [0.25, 0.3) is 16.9 Å². The van der Waals surface area contributed by atoms with Crippen molar-refractivity contribution >= 4 is 11.5 Å². The van der Waals surface area contributed by atoms with E-state index >= 15 is 0 Å². The van der Waals surface area contributed by atoms with Gasteiger partial charge in [-0.1, -0.05) is 45.9 Å². The van der Waals surface area contributed by atoms with E-state index in [-0.39, 0.29) is 17.4 Å². The van der Waals surface area contributed by atoms with E-state index in [4.69, 9.17) is 5.10 Å². The summed E-state index contributed by atoms with van der Waals surface area (Å²) in [5.74, 6) is 0.812. The fourth-order valence-electron chi connectivity index (χ4n) is 3.88. The summed E-state index contributed by atoms with van der Waals surface area (Å²) in [5, 5.41) is 28.4. The fraction of sp³-hybridized carbons (Fsp3) is 0.455. The normalized spacial score (nSPS) is 25.4. The molecular weight excluding hydrogens is 352 g/mol. The molecule has 0 unspecified atom stereocenters. The Hall–Kier alpha value is -2.44. The highest BCUT2D eigenvalue weighted by molar-refractivity contribution is 5.66. The number of nitrogens with zero attached hydrogens (tertiary/aromatic N) is 3. The fourth-order valence-corrected chi connectivity index (χ4v) is 3.88. The minimum Gasteiger partial charge on any atom is -0.390 e. The molecule has 6 heteroatoms. The van der Waals surface area contributed by atoms with Crippen molar-refractivity contribution in [3.8, 4) is 11.3 Å². The van der Waals surface area contributed by atoms with Gasteiger partial charge >= 0.3 is 0 Å². The zero-order valence-electron chi connectivity index (χ0n) is 16.8. The van der Waals surface area contributed by atoms with Gasteiger partial charge in [0.1, 0.15) is 11.9 Å². The summed E-state index contributed by atoms with van der Waals surface area (Å²) in [4.78, 5) is 4.43. The van der Waals surface area contributed by atoms with Crippen molar-refractivity contribution in [2.24, 2.45) is 5.92 Å². The molecule has 0 bridgehead atoms. The van der Waals surface area contributed by atoms with Crippen LogP contribution in [0.2, 0.25) is 0 Å². The van der Waals surface area contributed by atoms with Crippen LogP contribution in [-0.4, -0.2) is 43.1 Å². The predicted octanol–water partition coefficient (Wildman–Crippen LogP) is 3.24. The quantitative estimate of drug-likeness (QED) is 0.650. The number of aromatic nitrogens is 3. The predicted molar refractivity (Wildman–Crippen MR) is 110 cm³/mol. The number of hydrogen-bond acceptors (Lipinski definition) is 5. The van der Waals surface area contributed by atoms with Gasteiger partial charge in [0.15, 0.2) is 5.65 Å². The van der Waals surface area contributed by atoms with Crippen LogP contribution in [0, 0.1) is 5.92 Å². The molecule has 1 saturated carbocycles. The van der Waals surface area contributed by atoms with E-state index in [2.05, 4.69) is 55.3 Å². The van der Waals surface area contributed by atoms with Gasteiger partial charge in [-0.3, -0.25) is 0 Å². The average molecular weight is 380 g/mol. The Bertz CT molecular complexity index is 992. The van der Waals surface area contributed by atoms with Crippen molar-refractivity contribution in [3.63, 3.8) is 0 Å². The molecule has 1 fully saturated rings. The van der Waals surface area contributed by atoms with Gasteiger partial charge in [0.25, 0.3) is 0 Å². The summed E-state index contributed by atoms with van der Waals surface area (Å²) in [6.07, 6.45) is 0.934. The van der Waals surface area contributed by atoms with Crippen LogP contribution in [0.15, 0.2) is 42.6 Å². The van der Waals surface area contributed by atoms with Crippen molar-refractivity contribution in [3.05, 3.63) is 48.2 Å². The molecule has 2 heterocycles. The molecule has 0 aliphatic heterocycles. The molecule has 1 aliphatic rings. The van der Waals surface area contributed by atoms with Gasteiger partial charge in [-0.2, -0.15) is 9.61 Å². The Morgan fingerprint density at radius 2 is 1.89 bits per heavy atom. The van der Waals surface area contributed by atoms with Crippen LogP contribution >= 0.6 is 0 Å². The maximum atomic E-state index is 10.3. The second-order valence-electron chi connectivity index (χ2n) is 8.91. The average Bonchev–Trinajstić information content (AvgIpc) is 3.19. The highest BCUT2D eigenvalue weighted by atomic mass is 16.3. The Kier molecular flexibility index (Phi) is 4.63. The molecule has 6 nitrogen and oxygen atoms in total. The summed E-state index contributed by atoms with van der Waals surface area (Å²) < 4.78 is 1.77. The van der Waals surface area contributed by atoms with E-state index < -0.39 is 12.2 Å². The molecule has 0 amide bonds. The van der Waals surface area contributed by atoms with Crippen LogP contribution in [0.3, 0.4) is 0 Å². The van der Waals surface area contributed by atoms with E-state index in [1.165, 1.54) is 5.56 Å². The Morgan fingerprint density at radius 3 is 2.57 bits per heavy atom. The maximum Gasteiger partial charge on any atom is 0.157 e. The second kappa shape index (κ2) is 6.87. The zero-order valence-corrected chi connectivity index (χ0v) is 16.8. The Morgan fingerprint density at radius 1 is 1.11 bits per heavy atom. The first-order valence-corrected chi connectivity index (χ1v) is 9.82. The van der Waals surface area contributed by atoms with E-state index in [0.29, 0.717) is 6.42 Å². The molecule has 3 aromatic rings. The van der Waals surface area contributed by atoms with E-state index in [1.54, 1.807) is 10.7 Å². The first-order valence-electron chi connectivity index (χ1n) is 9.82. The smallest absolute Gasteiger partial charge is 0.157 e. The number of aliphatic hydroxyl groups is 2. The van der Waals surface area contributed by atoms with Crippen LogP contribution in [0.1, 0.15) is 39.7 Å². The molecule has 2 aromatic heterocycles. The Balaban J connectivity index is 1.68. The van der Waals surface area contributed by atoms with Gasteiger partial charge in [0.2, 0.25) is 0 Å². The highest BCUT2D eigenvalue weighted by Crippen LogP contribution is 2.30. The van der Waals surface area contributed by atoms with Crippen molar-refractivity contribution < 1.29 is 10.2 Å². The molecule has 4 rings (SSSR count). The van der Waals surface area contributed by atoms with Gasteiger partial charge < -0.3 is 15.5 Å². The number of benzene rings is 1. The molecule has 1 aliphatic carbocycles. The van der Waals surface area contributed by atoms with Crippen LogP contribution < -0.4 is 5.32 Å². The van der Waals surface area contributed by atoms with Crippen molar-refractivity contribution in [2.75, 3.05) is 5.32 Å². The van der Waals surface area contributed by atoms with Crippen LogP contribution in [0.4, 0.5) is 5.82 Å². The lowest BCUT2D eigenvalue weighted by Gasteiger charge is -2.19. The van der Waals surface area contributed by atoms with Crippen molar-refractivity contribution in [1.82, 2.24) is 14.6 Å². The van der Waals surface area contributed by atoms with Gasteiger partial charge in [-0.05, 0) is 35.4 Å². The lowest BCUT2D eigenvalue weighted by Crippen LogP contribution is -2.35. The second-order valence-corrected chi connectivity index (χ2v) is 8.91. The Labute approximate surface area is 165 Å². The number of nitrogens with one attached hydrogen (secondary N) is 1. The number of rotatable bonds is 3. The van der Waals surface area contributed by atoms with E-state index in [0.717, 1.165) is 22.7 Å². The van der Waals surface area contributed by atoms with Crippen LogP contribution in [-0.2, 0) is 5.41 Å². The van der Waals surface area contributed by atoms with Gasteiger partial charge in [-0.25, -0.2) is 4.98 Å². The highest BCUT2D eigenvalue weighted by Gasteiger charge is 2.39. The number of hydrogen-bond donors (Lipinski definition) is 3. The molecule has 28 heavy (non-hydrogen) atoms. The standard InChI is InChI=1S/C22H28N4O2/c1-13-10-17(21(28)20(13)27)24-18-8-9-23-19-12-16(25-26(18)19)14-6-5-7-15(11-14)22(2,3)4/h5-9,11-13,17,20-21,24,27-28H,10H2,1-4H3/t13-,17-,20-,21+/m1/s1. The minimum absolute atomic E-state index is 0.0538. The summed E-state index contributed by atoms with van der Waals surface area (Å²) >= 11 is 0. The van der Waals surface area contributed by atoms with E-state index in [1.807, 2.05) is 19.1 Å². The molecule has 0 saturated heterocycles. The number of anilines is 1. The van der Waals surface area contributed by atoms with Crippen molar-refractivity contribution in [2.45, 2.75) is 57.8 Å². The first-order chi connectivity index (χ1) is 13.2. The lowest BCUT2D eigenvalue weighted by molar-refractivity contribution is 0.0210. The minimum atomic E-state index is -0.795. The summed E-state index contributed by atoms with van der Waals surface area (Å²) in [6, 6.07) is 12.0. The number of aliphatic hydroxyl groups excluding tert-OH is 2. The number of fused-ring (bicyclic) bond motifs is 1. The third-order valence-electron chi connectivity index (χ3n) is 5.69. The molecule has 1 aromatic carbocycles. The lowest BCUT2D eigenvalue weighted by atomic mass is 9.86. The summed E-state index contributed by atoms with van der Waals surface area (Å²) in [7, 11) is 0. The SMILES string of the molecule is C[C@@H]1C[C@@H](Nc2ccnc3cc(-c4cccc(C(C)(C)C)c4)nn23)[C@H](O)[C@@H]1O. The largest absolute Gasteiger partial charge is 0.390 e. The van der Waals surface area contributed by atoms with Gasteiger partial charge in [0.05, 0.1) is 17.8 Å². The molecule has 0 radical (unpaired) electrons. The summed E-state index contributed by atoms with van der Waals surface area (Å²) in [6.45, 7) is 8.54. The molecule has 4 atom stereocenters. The third kappa shape index (κ3) is 3.38. The topological polar surface area (TPSA) is 82.7 Å². The first kappa shape index (κ1) is 18.9. The van der Waals surface area contributed by atoms with Gasteiger partial charge in [-0.15, -0.1) is 0 Å². The maximum absolute atomic E-state index is 10.3. The monoisotopic (exact) mass is 380 g/mol. The molecular formula is C22H28N4O2. The van der Waals surface area contributed by atoms with Crippen molar-refractivity contribution in [1.29, 1.82) is 0 Å².